The van der Waals surface area contributed by atoms with Crippen molar-refractivity contribution in [3.05, 3.63) is 28.3 Å². The molecule has 150 valence electrons. The Labute approximate surface area is 162 Å². The summed E-state index contributed by atoms with van der Waals surface area (Å²) >= 11 is 6.05. The van der Waals surface area contributed by atoms with Crippen molar-refractivity contribution in [1.82, 2.24) is 4.72 Å². The van der Waals surface area contributed by atoms with E-state index in [2.05, 4.69) is 4.72 Å². The first-order chi connectivity index (χ1) is 11.9. The summed E-state index contributed by atoms with van der Waals surface area (Å²) in [4.78, 5) is 0.0541. The Bertz CT molecular complexity index is 805. The first-order valence-corrected chi connectivity index (χ1v) is 12.2. The van der Waals surface area contributed by atoms with Crippen molar-refractivity contribution in [2.45, 2.75) is 51.5 Å². The highest BCUT2D eigenvalue weighted by Gasteiger charge is 2.20. The minimum atomic E-state index is -3.64. The van der Waals surface area contributed by atoms with Crippen LogP contribution in [0.3, 0.4) is 0 Å². The fraction of sp³-hybridized carbons (Fsp3) is 0.647. The van der Waals surface area contributed by atoms with Crippen molar-refractivity contribution in [3.8, 4) is 0 Å². The smallest absolute Gasteiger partial charge is 0.211 e. The maximum Gasteiger partial charge on any atom is 0.211 e. The Morgan fingerprint density at radius 2 is 1.65 bits per heavy atom. The molecule has 0 saturated heterocycles. The Balaban J connectivity index is 2.54. The van der Waals surface area contributed by atoms with Gasteiger partial charge in [0.15, 0.2) is 9.84 Å². The third-order valence-electron chi connectivity index (χ3n) is 3.80. The van der Waals surface area contributed by atoms with Crippen molar-refractivity contribution in [2.24, 2.45) is 0 Å². The second-order valence-corrected chi connectivity index (χ2v) is 10.9. The van der Waals surface area contributed by atoms with Gasteiger partial charge in [-0.2, -0.15) is 0 Å². The van der Waals surface area contributed by atoms with Gasteiger partial charge in [-0.3, -0.25) is 0 Å². The molecule has 0 aromatic heterocycles. The molecule has 1 rings (SSSR count). The summed E-state index contributed by atoms with van der Waals surface area (Å²) in [5, 5.41) is 0.166. The molecule has 1 aromatic rings. The van der Waals surface area contributed by atoms with Crippen molar-refractivity contribution in [3.63, 3.8) is 0 Å². The molecular weight excluding hydrogens is 398 g/mol. The molecule has 0 amide bonds. The minimum absolute atomic E-state index is 0.00339. The molecule has 0 saturated carbocycles. The van der Waals surface area contributed by atoms with Gasteiger partial charge in [0.25, 0.3) is 0 Å². The van der Waals surface area contributed by atoms with E-state index in [4.69, 9.17) is 16.3 Å². The normalized spacial score (nSPS) is 12.7. The van der Waals surface area contributed by atoms with E-state index in [0.717, 1.165) is 11.1 Å². The molecule has 6 nitrogen and oxygen atoms in total. The molecule has 0 aliphatic rings. The lowest BCUT2D eigenvalue weighted by Gasteiger charge is -2.11. The van der Waals surface area contributed by atoms with Crippen LogP contribution in [0.5, 0.6) is 0 Å². The number of ether oxygens (including phenoxy) is 1. The first-order valence-electron chi connectivity index (χ1n) is 8.53. The largest absolute Gasteiger partial charge is 0.379 e. The number of halogens is 1. The summed E-state index contributed by atoms with van der Waals surface area (Å²) in [6.45, 7) is 8.22. The number of sulfone groups is 1. The highest BCUT2D eigenvalue weighted by Crippen LogP contribution is 2.26. The molecule has 0 bridgehead atoms. The van der Waals surface area contributed by atoms with E-state index < -0.39 is 19.9 Å². The van der Waals surface area contributed by atoms with Crippen molar-refractivity contribution in [1.29, 1.82) is 0 Å². The van der Waals surface area contributed by atoms with E-state index in [1.54, 1.807) is 6.07 Å². The zero-order chi connectivity index (χ0) is 20.0. The maximum absolute atomic E-state index is 12.4. The predicted molar refractivity (Wildman–Crippen MR) is 105 cm³/mol. The number of benzene rings is 1. The third kappa shape index (κ3) is 7.92. The summed E-state index contributed by atoms with van der Waals surface area (Å²) in [6, 6.07) is 3.15. The van der Waals surface area contributed by atoms with Crippen LogP contribution in [0.15, 0.2) is 17.0 Å². The van der Waals surface area contributed by atoms with Gasteiger partial charge in [0.1, 0.15) is 0 Å². The quantitative estimate of drug-likeness (QED) is 0.550. The van der Waals surface area contributed by atoms with Gasteiger partial charge >= 0.3 is 0 Å². The first kappa shape index (κ1) is 23.4. The molecule has 0 aliphatic carbocycles. The Morgan fingerprint density at radius 3 is 2.27 bits per heavy atom. The number of hydrogen-bond acceptors (Lipinski definition) is 5. The number of nitrogens with one attached hydrogen (secondary N) is 1. The molecule has 0 unspecified atom stereocenters. The van der Waals surface area contributed by atoms with Gasteiger partial charge in [0, 0.05) is 13.2 Å². The van der Waals surface area contributed by atoms with Crippen LogP contribution in [0.2, 0.25) is 5.02 Å². The lowest BCUT2D eigenvalue weighted by atomic mass is 10.1. The number of sulfonamides is 1. The number of hydrogen-bond donors (Lipinski definition) is 1. The molecule has 0 atom stereocenters. The van der Waals surface area contributed by atoms with Crippen LogP contribution in [0.1, 0.15) is 37.8 Å². The molecule has 9 heteroatoms. The molecular formula is C17H28ClNO5S2. The zero-order valence-electron chi connectivity index (χ0n) is 15.7. The molecule has 0 spiro atoms. The molecule has 1 aromatic carbocycles. The van der Waals surface area contributed by atoms with Gasteiger partial charge < -0.3 is 4.74 Å². The van der Waals surface area contributed by atoms with E-state index in [-0.39, 0.29) is 40.5 Å². The van der Waals surface area contributed by atoms with Crippen molar-refractivity contribution in [2.75, 3.05) is 24.7 Å². The van der Waals surface area contributed by atoms with Gasteiger partial charge in [-0.05, 0) is 63.8 Å². The molecule has 0 radical (unpaired) electrons. The summed E-state index contributed by atoms with van der Waals surface area (Å²) in [5.41, 5.74) is 1.73. The lowest BCUT2D eigenvalue weighted by Crippen LogP contribution is -2.29. The molecule has 0 fully saturated rings. The van der Waals surface area contributed by atoms with E-state index >= 15 is 0 Å². The van der Waals surface area contributed by atoms with Crippen LogP contribution >= 0.6 is 11.6 Å². The van der Waals surface area contributed by atoms with Gasteiger partial charge in [-0.15, -0.1) is 0 Å². The van der Waals surface area contributed by atoms with E-state index in [1.807, 2.05) is 27.7 Å². The fourth-order valence-corrected chi connectivity index (χ4v) is 5.57. The average molecular weight is 426 g/mol. The lowest BCUT2D eigenvalue weighted by molar-refractivity contribution is 0.0778. The molecule has 0 aliphatic heterocycles. The third-order valence-corrected chi connectivity index (χ3v) is 7.53. The van der Waals surface area contributed by atoms with Crippen LogP contribution in [-0.4, -0.2) is 47.6 Å². The standard InChI is InChI=1S/C17H28ClNO5S2/c1-13(2)24-8-5-7-19-26(22,23)10-6-9-25(20,21)17-12-15(4)14(3)11-16(17)18/h11-13,19H,5-10H2,1-4H3. The van der Waals surface area contributed by atoms with Crippen molar-refractivity contribution < 1.29 is 21.6 Å². The maximum atomic E-state index is 12.4. The molecule has 0 heterocycles. The van der Waals surface area contributed by atoms with Crippen LogP contribution < -0.4 is 4.72 Å². The highest BCUT2D eigenvalue weighted by molar-refractivity contribution is 7.91. The average Bonchev–Trinajstić information content (AvgIpc) is 2.49. The van der Waals surface area contributed by atoms with E-state index in [9.17, 15) is 16.8 Å². The summed E-state index contributed by atoms with van der Waals surface area (Å²) in [7, 11) is -7.15. The van der Waals surface area contributed by atoms with Gasteiger partial charge in [0.05, 0.1) is 27.5 Å². The highest BCUT2D eigenvalue weighted by atomic mass is 35.5. The second-order valence-electron chi connectivity index (χ2n) is 6.53. The SMILES string of the molecule is Cc1cc(Cl)c(S(=O)(=O)CCCS(=O)(=O)NCCCOC(C)C)cc1C. The molecule has 1 N–H and O–H groups in total. The summed E-state index contributed by atoms with van der Waals surface area (Å²) < 4.78 is 56.6. The Morgan fingerprint density at radius 1 is 1.04 bits per heavy atom. The van der Waals surface area contributed by atoms with Gasteiger partial charge in [-0.1, -0.05) is 11.6 Å². The number of aryl methyl sites for hydroxylation is 2. The van der Waals surface area contributed by atoms with Gasteiger partial charge in [0.2, 0.25) is 10.0 Å². The van der Waals surface area contributed by atoms with E-state index in [0.29, 0.717) is 13.0 Å². The predicted octanol–water partition coefficient (Wildman–Crippen LogP) is 2.86. The minimum Gasteiger partial charge on any atom is -0.379 e. The Kier molecular flexibility index (Phi) is 9.02. The number of rotatable bonds is 11. The van der Waals surface area contributed by atoms with Gasteiger partial charge in [-0.25, -0.2) is 21.6 Å². The monoisotopic (exact) mass is 425 g/mol. The van der Waals surface area contributed by atoms with Crippen LogP contribution in [-0.2, 0) is 24.6 Å². The van der Waals surface area contributed by atoms with Crippen LogP contribution in [0.4, 0.5) is 0 Å². The summed E-state index contributed by atoms with van der Waals surface area (Å²) in [6.07, 6.45) is 0.672. The Hall–Kier alpha value is -0.670. The topological polar surface area (TPSA) is 89.5 Å². The van der Waals surface area contributed by atoms with Crippen LogP contribution in [0, 0.1) is 13.8 Å². The van der Waals surface area contributed by atoms with Crippen molar-refractivity contribution >= 4 is 31.5 Å². The molecule has 26 heavy (non-hydrogen) atoms. The summed E-state index contributed by atoms with van der Waals surface area (Å²) in [5.74, 6) is -0.522. The van der Waals surface area contributed by atoms with Crippen LogP contribution in [0.25, 0.3) is 0 Å². The fourth-order valence-electron chi connectivity index (χ4n) is 2.23. The second kappa shape index (κ2) is 10.0. The van der Waals surface area contributed by atoms with E-state index in [1.165, 1.54) is 6.07 Å². The zero-order valence-corrected chi connectivity index (χ0v) is 18.1.